The van der Waals surface area contributed by atoms with Gasteiger partial charge >= 0.3 is 0 Å². The van der Waals surface area contributed by atoms with Crippen molar-refractivity contribution in [1.29, 1.82) is 0 Å². The van der Waals surface area contributed by atoms with Crippen molar-refractivity contribution in [1.82, 2.24) is 10.6 Å². The third-order valence-corrected chi connectivity index (χ3v) is 3.74. The molecule has 0 radical (unpaired) electrons. The summed E-state index contributed by atoms with van der Waals surface area (Å²) in [6.07, 6.45) is 3.12. The third kappa shape index (κ3) is 3.80. The minimum atomic E-state index is -0.0601. The van der Waals surface area contributed by atoms with Gasteiger partial charge in [0.2, 0.25) is 5.91 Å². The SMILES string of the molecule is CC(C)C(NC1CCCCNC1=O)c1ccccc1. The molecule has 1 amide bonds. The van der Waals surface area contributed by atoms with E-state index in [9.17, 15) is 4.79 Å². The molecule has 1 aromatic rings. The molecule has 3 nitrogen and oxygen atoms in total. The van der Waals surface area contributed by atoms with Crippen molar-refractivity contribution in [3.8, 4) is 0 Å². The van der Waals surface area contributed by atoms with Crippen LogP contribution in [0.25, 0.3) is 0 Å². The Morgan fingerprint density at radius 2 is 1.95 bits per heavy atom. The Hall–Kier alpha value is -1.35. The van der Waals surface area contributed by atoms with Crippen LogP contribution in [0.15, 0.2) is 30.3 Å². The molecule has 2 N–H and O–H groups in total. The topological polar surface area (TPSA) is 41.1 Å². The maximum atomic E-state index is 12.0. The Morgan fingerprint density at radius 1 is 1.21 bits per heavy atom. The van der Waals surface area contributed by atoms with Crippen LogP contribution in [0.2, 0.25) is 0 Å². The fourth-order valence-electron chi connectivity index (χ4n) is 2.65. The van der Waals surface area contributed by atoms with Crippen LogP contribution >= 0.6 is 0 Å². The zero-order valence-corrected chi connectivity index (χ0v) is 11.9. The fourth-order valence-corrected chi connectivity index (χ4v) is 2.65. The van der Waals surface area contributed by atoms with Gasteiger partial charge in [-0.25, -0.2) is 0 Å². The van der Waals surface area contributed by atoms with Gasteiger partial charge in [0, 0.05) is 12.6 Å². The van der Waals surface area contributed by atoms with Gasteiger partial charge in [-0.1, -0.05) is 44.2 Å². The monoisotopic (exact) mass is 260 g/mol. The van der Waals surface area contributed by atoms with Crippen LogP contribution in [0.3, 0.4) is 0 Å². The molecule has 104 valence electrons. The van der Waals surface area contributed by atoms with Crippen molar-refractivity contribution in [3.05, 3.63) is 35.9 Å². The molecule has 1 heterocycles. The van der Waals surface area contributed by atoms with Gasteiger partial charge in [-0.3, -0.25) is 10.1 Å². The van der Waals surface area contributed by atoms with Crippen molar-refractivity contribution in [3.63, 3.8) is 0 Å². The zero-order valence-electron chi connectivity index (χ0n) is 11.9. The molecule has 1 aliphatic rings. The Balaban J connectivity index is 2.10. The standard InChI is InChI=1S/C16H24N2O/c1-12(2)15(13-8-4-3-5-9-13)18-14-10-6-7-11-17-16(14)19/h3-5,8-9,12,14-15,18H,6-7,10-11H2,1-2H3,(H,17,19). The van der Waals surface area contributed by atoms with E-state index in [1.54, 1.807) is 0 Å². The Labute approximate surface area is 115 Å². The van der Waals surface area contributed by atoms with E-state index < -0.39 is 0 Å². The molecule has 19 heavy (non-hydrogen) atoms. The highest BCUT2D eigenvalue weighted by molar-refractivity contribution is 5.81. The number of hydrogen-bond donors (Lipinski definition) is 2. The lowest BCUT2D eigenvalue weighted by molar-refractivity contribution is -0.123. The first kappa shape index (κ1) is 14.1. The molecule has 0 aliphatic carbocycles. The van der Waals surface area contributed by atoms with E-state index in [-0.39, 0.29) is 18.0 Å². The number of benzene rings is 1. The second-order valence-electron chi connectivity index (χ2n) is 5.64. The Kier molecular flexibility index (Phi) is 4.97. The van der Waals surface area contributed by atoms with E-state index in [1.165, 1.54) is 5.56 Å². The molecule has 2 rings (SSSR count). The first-order chi connectivity index (χ1) is 9.18. The first-order valence-electron chi connectivity index (χ1n) is 7.27. The summed E-state index contributed by atoms with van der Waals surface area (Å²) in [4.78, 5) is 12.0. The summed E-state index contributed by atoms with van der Waals surface area (Å²) in [7, 11) is 0. The van der Waals surface area contributed by atoms with Gasteiger partial charge in [-0.05, 0) is 30.7 Å². The van der Waals surface area contributed by atoms with Crippen LogP contribution in [-0.2, 0) is 4.79 Å². The summed E-state index contributed by atoms with van der Waals surface area (Å²) < 4.78 is 0. The van der Waals surface area contributed by atoms with Crippen LogP contribution in [-0.4, -0.2) is 18.5 Å². The predicted octanol–water partition coefficient (Wildman–Crippen LogP) is 2.64. The van der Waals surface area contributed by atoms with Crippen molar-refractivity contribution in [2.45, 2.75) is 45.2 Å². The van der Waals surface area contributed by atoms with Crippen LogP contribution in [0.5, 0.6) is 0 Å². The van der Waals surface area contributed by atoms with Crippen molar-refractivity contribution >= 4 is 5.91 Å². The van der Waals surface area contributed by atoms with Crippen LogP contribution in [0, 0.1) is 5.92 Å². The molecule has 2 unspecified atom stereocenters. The summed E-state index contributed by atoms with van der Waals surface area (Å²) >= 11 is 0. The average molecular weight is 260 g/mol. The second kappa shape index (κ2) is 6.71. The van der Waals surface area contributed by atoms with E-state index in [0.717, 1.165) is 25.8 Å². The molecule has 2 atom stereocenters. The maximum absolute atomic E-state index is 12.0. The number of rotatable bonds is 4. The molecule has 1 aliphatic heterocycles. The molecule has 0 saturated carbocycles. The predicted molar refractivity (Wildman–Crippen MR) is 77.8 cm³/mol. The van der Waals surface area contributed by atoms with E-state index in [4.69, 9.17) is 0 Å². The van der Waals surface area contributed by atoms with Gasteiger partial charge in [0.25, 0.3) is 0 Å². The molecule has 1 saturated heterocycles. The summed E-state index contributed by atoms with van der Waals surface area (Å²) in [6, 6.07) is 10.6. The lowest BCUT2D eigenvalue weighted by Crippen LogP contribution is -2.45. The first-order valence-corrected chi connectivity index (χ1v) is 7.27. The lowest BCUT2D eigenvalue weighted by Gasteiger charge is -2.27. The summed E-state index contributed by atoms with van der Waals surface area (Å²) in [6.45, 7) is 5.20. The maximum Gasteiger partial charge on any atom is 0.237 e. The lowest BCUT2D eigenvalue weighted by atomic mass is 9.94. The van der Waals surface area contributed by atoms with Crippen LogP contribution in [0.4, 0.5) is 0 Å². The Bertz CT molecular complexity index is 402. The van der Waals surface area contributed by atoms with Crippen molar-refractivity contribution < 1.29 is 4.79 Å². The van der Waals surface area contributed by atoms with Crippen LogP contribution in [0.1, 0.15) is 44.7 Å². The quantitative estimate of drug-likeness (QED) is 0.874. The minimum Gasteiger partial charge on any atom is -0.355 e. The van der Waals surface area contributed by atoms with Gasteiger partial charge in [0.05, 0.1) is 6.04 Å². The fraction of sp³-hybridized carbons (Fsp3) is 0.562. The number of carbonyl (C=O) groups is 1. The second-order valence-corrected chi connectivity index (χ2v) is 5.64. The smallest absolute Gasteiger partial charge is 0.237 e. The normalized spacial score (nSPS) is 21.8. The van der Waals surface area contributed by atoms with Crippen molar-refractivity contribution in [2.24, 2.45) is 5.92 Å². The number of carbonyl (C=O) groups excluding carboxylic acids is 1. The molecule has 1 fully saturated rings. The molecular weight excluding hydrogens is 236 g/mol. The number of nitrogens with one attached hydrogen (secondary N) is 2. The summed E-state index contributed by atoms with van der Waals surface area (Å²) in [5.74, 6) is 0.609. The van der Waals surface area contributed by atoms with E-state index in [2.05, 4.69) is 48.7 Å². The van der Waals surface area contributed by atoms with Gasteiger partial charge in [-0.2, -0.15) is 0 Å². The molecule has 1 aromatic carbocycles. The van der Waals surface area contributed by atoms with Crippen LogP contribution < -0.4 is 10.6 Å². The molecule has 0 spiro atoms. The average Bonchev–Trinajstić information content (AvgIpc) is 2.61. The molecular formula is C16H24N2O. The number of amides is 1. The van der Waals surface area contributed by atoms with Crippen molar-refractivity contribution in [2.75, 3.05) is 6.54 Å². The minimum absolute atomic E-state index is 0.0601. The van der Waals surface area contributed by atoms with E-state index >= 15 is 0 Å². The van der Waals surface area contributed by atoms with E-state index in [0.29, 0.717) is 5.92 Å². The highest BCUT2D eigenvalue weighted by Gasteiger charge is 2.25. The highest BCUT2D eigenvalue weighted by Crippen LogP contribution is 2.23. The zero-order chi connectivity index (χ0) is 13.7. The van der Waals surface area contributed by atoms with E-state index in [1.807, 2.05) is 6.07 Å². The highest BCUT2D eigenvalue weighted by atomic mass is 16.2. The van der Waals surface area contributed by atoms with Gasteiger partial charge < -0.3 is 5.32 Å². The summed E-state index contributed by atoms with van der Waals surface area (Å²) in [5, 5.41) is 6.54. The van der Waals surface area contributed by atoms with Gasteiger partial charge in [0.1, 0.15) is 0 Å². The largest absolute Gasteiger partial charge is 0.355 e. The van der Waals surface area contributed by atoms with Gasteiger partial charge in [-0.15, -0.1) is 0 Å². The molecule has 0 bridgehead atoms. The molecule has 3 heteroatoms. The van der Waals surface area contributed by atoms with Gasteiger partial charge in [0.15, 0.2) is 0 Å². The molecule has 0 aromatic heterocycles. The number of hydrogen-bond acceptors (Lipinski definition) is 2. The third-order valence-electron chi connectivity index (χ3n) is 3.74. The Morgan fingerprint density at radius 3 is 2.63 bits per heavy atom. The summed E-state index contributed by atoms with van der Waals surface area (Å²) in [5.41, 5.74) is 1.26.